The lowest BCUT2D eigenvalue weighted by atomic mass is 10.3. The van der Waals surface area contributed by atoms with Crippen LogP contribution < -0.4 is 11.1 Å². The average molecular weight is 226 g/mol. The number of aliphatic hydroxyl groups is 1. The monoisotopic (exact) mass is 226 g/mol. The summed E-state index contributed by atoms with van der Waals surface area (Å²) < 4.78 is 29.6. The quantitative estimate of drug-likeness (QED) is 0.468. The molecule has 0 fully saturated rings. The average Bonchev–Trinajstić information content (AvgIpc) is 2.22. The zero-order valence-corrected chi connectivity index (χ0v) is 8.34. The Hall–Kier alpha value is -0.790. The van der Waals surface area contributed by atoms with Crippen LogP contribution in [-0.2, 0) is 9.53 Å². The number of nitrogens with two attached hydrogens (primary N) is 1. The second-order valence-electron chi connectivity index (χ2n) is 2.97. The van der Waals surface area contributed by atoms with Crippen LogP contribution in [0, 0.1) is 0 Å². The van der Waals surface area contributed by atoms with E-state index in [1.165, 1.54) is 0 Å². The highest BCUT2D eigenvalue weighted by molar-refractivity contribution is 5.76. The molecule has 7 heteroatoms. The minimum atomic E-state index is -2.99. The van der Waals surface area contributed by atoms with Crippen LogP contribution in [0.4, 0.5) is 8.78 Å². The van der Waals surface area contributed by atoms with E-state index in [2.05, 4.69) is 10.1 Å². The summed E-state index contributed by atoms with van der Waals surface area (Å²) in [6.45, 7) is -1.63. The lowest BCUT2D eigenvalue weighted by molar-refractivity contribution is -0.123. The van der Waals surface area contributed by atoms with Crippen molar-refractivity contribution in [1.82, 2.24) is 5.32 Å². The predicted octanol–water partition coefficient (Wildman–Crippen LogP) is -0.904. The highest BCUT2D eigenvalue weighted by Crippen LogP contribution is 2.10. The third-order valence-corrected chi connectivity index (χ3v) is 1.54. The fraction of sp³-hybridized carbons (Fsp3) is 0.875. The summed E-state index contributed by atoms with van der Waals surface area (Å²) in [4.78, 5) is 10.5. The first-order chi connectivity index (χ1) is 7.02. The summed E-state index contributed by atoms with van der Waals surface area (Å²) in [6, 6.07) is 0. The van der Waals surface area contributed by atoms with Gasteiger partial charge in [0, 0.05) is 13.2 Å². The Bertz CT molecular complexity index is 191. The molecule has 4 N–H and O–H groups in total. The zero-order valence-electron chi connectivity index (χ0n) is 8.34. The molecular formula is C8H16F2N2O3. The Balaban J connectivity index is 3.29. The first-order valence-corrected chi connectivity index (χ1v) is 4.55. The lowest BCUT2D eigenvalue weighted by Gasteiger charge is -2.13. The summed E-state index contributed by atoms with van der Waals surface area (Å²) in [5, 5.41) is 10.7. The first kappa shape index (κ1) is 14.2. The number of alkyl halides is 2. The van der Waals surface area contributed by atoms with Crippen LogP contribution in [0.3, 0.4) is 0 Å². The first-order valence-electron chi connectivity index (χ1n) is 4.55. The van der Waals surface area contributed by atoms with Crippen molar-refractivity contribution in [3.63, 3.8) is 0 Å². The number of amides is 1. The highest BCUT2D eigenvalue weighted by atomic mass is 19.3. The molecule has 0 radical (unpaired) electrons. The second-order valence-corrected chi connectivity index (χ2v) is 2.97. The van der Waals surface area contributed by atoms with E-state index in [-0.39, 0.29) is 13.2 Å². The van der Waals surface area contributed by atoms with Crippen molar-refractivity contribution in [1.29, 1.82) is 0 Å². The van der Waals surface area contributed by atoms with Crippen molar-refractivity contribution in [2.75, 3.05) is 32.9 Å². The molecule has 0 saturated carbocycles. The third-order valence-electron chi connectivity index (χ3n) is 1.54. The molecule has 0 rings (SSSR count). The van der Waals surface area contributed by atoms with Crippen molar-refractivity contribution in [3.05, 3.63) is 0 Å². The van der Waals surface area contributed by atoms with E-state index in [0.29, 0.717) is 6.42 Å². The van der Waals surface area contributed by atoms with Gasteiger partial charge < -0.3 is 20.9 Å². The third kappa shape index (κ3) is 8.22. The molecule has 0 unspecified atom stereocenters. The number of carbonyl (C=O) groups excluding carboxylic acids is 1. The molecule has 0 aromatic carbocycles. The number of hydrogen-bond donors (Lipinski definition) is 3. The van der Waals surface area contributed by atoms with Crippen LogP contribution in [-0.4, -0.2) is 49.8 Å². The van der Waals surface area contributed by atoms with Gasteiger partial charge in [0.1, 0.15) is 13.2 Å². The van der Waals surface area contributed by atoms with E-state index in [1.807, 2.05) is 0 Å². The molecule has 0 aromatic rings. The Morgan fingerprint density at radius 1 is 1.53 bits per heavy atom. The minimum absolute atomic E-state index is 0.112. The van der Waals surface area contributed by atoms with Crippen molar-refractivity contribution in [3.8, 4) is 0 Å². The van der Waals surface area contributed by atoms with Gasteiger partial charge >= 0.3 is 0 Å². The largest absolute Gasteiger partial charge is 0.387 e. The van der Waals surface area contributed by atoms with E-state index in [9.17, 15) is 13.6 Å². The van der Waals surface area contributed by atoms with Gasteiger partial charge in [0.05, 0.1) is 6.54 Å². The van der Waals surface area contributed by atoms with Crippen molar-refractivity contribution >= 4 is 5.91 Å². The van der Waals surface area contributed by atoms with Gasteiger partial charge in [-0.3, -0.25) is 4.79 Å². The van der Waals surface area contributed by atoms with Gasteiger partial charge in [0.15, 0.2) is 0 Å². The molecule has 5 nitrogen and oxygen atoms in total. The maximum absolute atomic E-state index is 12.5. The van der Waals surface area contributed by atoms with Crippen LogP contribution >= 0.6 is 0 Å². The summed E-state index contributed by atoms with van der Waals surface area (Å²) >= 11 is 0. The standard InChI is InChI=1S/C8H16F2N2O3/c9-8(10,5-11)6-15-3-1-2-12-7(14)4-13/h13H,1-6,11H2,(H,12,14). The highest BCUT2D eigenvalue weighted by Gasteiger charge is 2.26. The van der Waals surface area contributed by atoms with E-state index in [1.54, 1.807) is 0 Å². The topological polar surface area (TPSA) is 84.6 Å². The fourth-order valence-corrected chi connectivity index (χ4v) is 0.738. The molecule has 0 aliphatic rings. The normalized spacial score (nSPS) is 11.5. The van der Waals surface area contributed by atoms with Gasteiger partial charge in [-0.1, -0.05) is 0 Å². The van der Waals surface area contributed by atoms with Gasteiger partial charge in [0.2, 0.25) is 5.91 Å². The Morgan fingerprint density at radius 2 is 2.20 bits per heavy atom. The van der Waals surface area contributed by atoms with Crippen LogP contribution in [0.2, 0.25) is 0 Å². The number of ether oxygens (including phenoxy) is 1. The van der Waals surface area contributed by atoms with Gasteiger partial charge in [0.25, 0.3) is 5.92 Å². The number of nitrogens with one attached hydrogen (secondary N) is 1. The molecule has 1 amide bonds. The molecule has 0 saturated heterocycles. The number of carbonyl (C=O) groups is 1. The maximum atomic E-state index is 12.5. The molecule has 0 spiro atoms. The molecule has 90 valence electrons. The fourth-order valence-electron chi connectivity index (χ4n) is 0.738. The lowest BCUT2D eigenvalue weighted by Crippen LogP contribution is -2.33. The number of hydrogen-bond acceptors (Lipinski definition) is 4. The van der Waals surface area contributed by atoms with Crippen LogP contribution in [0.15, 0.2) is 0 Å². The van der Waals surface area contributed by atoms with Crippen molar-refractivity contribution in [2.45, 2.75) is 12.3 Å². The van der Waals surface area contributed by atoms with E-state index >= 15 is 0 Å². The number of aliphatic hydroxyl groups excluding tert-OH is 1. The summed E-state index contributed by atoms with van der Waals surface area (Å²) in [6.07, 6.45) is 0.409. The van der Waals surface area contributed by atoms with Crippen LogP contribution in [0.1, 0.15) is 6.42 Å². The van der Waals surface area contributed by atoms with Crippen LogP contribution in [0.25, 0.3) is 0 Å². The van der Waals surface area contributed by atoms with Gasteiger partial charge in [-0.25, -0.2) is 8.78 Å². The van der Waals surface area contributed by atoms with Crippen molar-refractivity contribution in [2.24, 2.45) is 5.73 Å². The van der Waals surface area contributed by atoms with E-state index in [0.717, 1.165) is 0 Å². The molecule has 0 aromatic heterocycles. The maximum Gasteiger partial charge on any atom is 0.282 e. The van der Waals surface area contributed by atoms with Gasteiger partial charge in [-0.15, -0.1) is 0 Å². The minimum Gasteiger partial charge on any atom is -0.387 e. The summed E-state index contributed by atoms with van der Waals surface area (Å²) in [5.74, 6) is -3.49. The molecule has 0 aliphatic heterocycles. The molecular weight excluding hydrogens is 210 g/mol. The Kier molecular flexibility index (Phi) is 7.10. The Morgan fingerprint density at radius 3 is 2.73 bits per heavy atom. The summed E-state index contributed by atoms with van der Waals surface area (Å²) in [7, 11) is 0. The van der Waals surface area contributed by atoms with Crippen molar-refractivity contribution < 1.29 is 23.4 Å². The van der Waals surface area contributed by atoms with Crippen LogP contribution in [0.5, 0.6) is 0 Å². The second kappa shape index (κ2) is 7.49. The van der Waals surface area contributed by atoms with E-state index < -0.39 is 31.6 Å². The summed E-state index contributed by atoms with van der Waals surface area (Å²) in [5.41, 5.74) is 4.79. The predicted molar refractivity (Wildman–Crippen MR) is 49.5 cm³/mol. The molecule has 0 atom stereocenters. The Labute approximate surface area is 86.6 Å². The zero-order chi connectivity index (χ0) is 11.7. The SMILES string of the molecule is NCC(F)(F)COCCCNC(=O)CO. The molecule has 0 heterocycles. The molecule has 15 heavy (non-hydrogen) atoms. The smallest absolute Gasteiger partial charge is 0.282 e. The number of halogens is 2. The number of rotatable bonds is 8. The molecule has 0 bridgehead atoms. The van der Waals surface area contributed by atoms with E-state index in [4.69, 9.17) is 10.8 Å². The van der Waals surface area contributed by atoms with Gasteiger partial charge in [-0.05, 0) is 6.42 Å². The molecule has 0 aliphatic carbocycles. The van der Waals surface area contributed by atoms with Gasteiger partial charge in [-0.2, -0.15) is 0 Å².